The van der Waals surface area contributed by atoms with Crippen LogP contribution in [0.15, 0.2) is 47.4 Å². The second-order valence-electron chi connectivity index (χ2n) is 4.44. The summed E-state index contributed by atoms with van der Waals surface area (Å²) in [5, 5.41) is 8.82. The van der Waals surface area contributed by atoms with E-state index in [1.165, 1.54) is 16.8 Å². The van der Waals surface area contributed by atoms with E-state index in [2.05, 4.69) is 0 Å². The highest BCUT2D eigenvalue weighted by molar-refractivity contribution is 5.66. The average Bonchev–Trinajstić information content (AvgIpc) is 2.41. The van der Waals surface area contributed by atoms with Crippen molar-refractivity contribution in [2.24, 2.45) is 0 Å². The van der Waals surface area contributed by atoms with Crippen molar-refractivity contribution >= 4 is 5.97 Å². The van der Waals surface area contributed by atoms with Crippen molar-refractivity contribution in [3.05, 3.63) is 64.1 Å². The van der Waals surface area contributed by atoms with E-state index in [1.54, 1.807) is 6.92 Å². The number of ether oxygens (including phenoxy) is 1. The Labute approximate surface area is 116 Å². The SMILES string of the molecule is Cc1cc(=O)c(OCc2ccccc2)cn1CC(=O)O. The zero-order valence-corrected chi connectivity index (χ0v) is 11.1. The molecule has 0 atom stereocenters. The second kappa shape index (κ2) is 6.06. The molecule has 1 heterocycles. The molecule has 1 aromatic carbocycles. The Bertz CT molecular complexity index is 661. The number of pyridine rings is 1. The molecule has 5 nitrogen and oxygen atoms in total. The number of benzene rings is 1. The summed E-state index contributed by atoms with van der Waals surface area (Å²) in [6.45, 7) is 1.76. The number of nitrogens with zero attached hydrogens (tertiary/aromatic N) is 1. The molecule has 0 bridgehead atoms. The first-order chi connectivity index (χ1) is 9.56. The largest absolute Gasteiger partial charge is 0.483 e. The Morgan fingerprint density at radius 2 is 2.00 bits per heavy atom. The lowest BCUT2D eigenvalue weighted by molar-refractivity contribution is -0.137. The lowest BCUT2D eigenvalue weighted by Gasteiger charge is -2.11. The summed E-state index contributed by atoms with van der Waals surface area (Å²) in [6, 6.07) is 10.8. The molecular formula is C15H15NO4. The predicted octanol–water partition coefficient (Wildman–Crippen LogP) is 1.82. The minimum absolute atomic E-state index is 0.153. The van der Waals surface area contributed by atoms with Gasteiger partial charge >= 0.3 is 5.97 Å². The fraction of sp³-hybridized carbons (Fsp3) is 0.200. The minimum Gasteiger partial charge on any atom is -0.483 e. The Morgan fingerprint density at radius 3 is 2.65 bits per heavy atom. The van der Waals surface area contributed by atoms with E-state index >= 15 is 0 Å². The van der Waals surface area contributed by atoms with E-state index in [1.807, 2.05) is 30.3 Å². The van der Waals surface area contributed by atoms with Crippen molar-refractivity contribution in [3.63, 3.8) is 0 Å². The molecule has 0 saturated carbocycles. The lowest BCUT2D eigenvalue weighted by Crippen LogP contribution is -2.17. The van der Waals surface area contributed by atoms with Crippen LogP contribution in [0, 0.1) is 6.92 Å². The third kappa shape index (κ3) is 3.47. The summed E-state index contributed by atoms with van der Waals surface area (Å²) in [7, 11) is 0. The molecule has 20 heavy (non-hydrogen) atoms. The molecule has 0 radical (unpaired) electrons. The topological polar surface area (TPSA) is 68.5 Å². The van der Waals surface area contributed by atoms with Gasteiger partial charge in [-0.2, -0.15) is 0 Å². The highest BCUT2D eigenvalue weighted by Gasteiger charge is 2.07. The van der Waals surface area contributed by atoms with Gasteiger partial charge in [-0.25, -0.2) is 0 Å². The van der Waals surface area contributed by atoms with Crippen LogP contribution in [-0.2, 0) is 17.9 Å². The normalized spacial score (nSPS) is 10.2. The third-order valence-electron chi connectivity index (χ3n) is 2.85. The van der Waals surface area contributed by atoms with Gasteiger partial charge in [-0.3, -0.25) is 9.59 Å². The van der Waals surface area contributed by atoms with Gasteiger partial charge in [0.15, 0.2) is 5.75 Å². The number of carboxylic acid groups (broad SMARTS) is 1. The summed E-state index contributed by atoms with van der Waals surface area (Å²) < 4.78 is 6.95. The summed E-state index contributed by atoms with van der Waals surface area (Å²) >= 11 is 0. The molecule has 0 aliphatic rings. The van der Waals surface area contributed by atoms with Crippen LogP contribution in [0.1, 0.15) is 11.3 Å². The maximum Gasteiger partial charge on any atom is 0.323 e. The number of hydrogen-bond acceptors (Lipinski definition) is 3. The van der Waals surface area contributed by atoms with Crippen LogP contribution < -0.4 is 10.2 Å². The van der Waals surface area contributed by atoms with Crippen LogP contribution in [0.4, 0.5) is 0 Å². The maximum absolute atomic E-state index is 11.8. The van der Waals surface area contributed by atoms with Crippen LogP contribution in [0.25, 0.3) is 0 Å². The van der Waals surface area contributed by atoms with Crippen molar-refractivity contribution in [2.45, 2.75) is 20.1 Å². The molecule has 0 saturated heterocycles. The summed E-state index contributed by atoms with van der Waals surface area (Å²) in [5.41, 5.74) is 1.28. The van der Waals surface area contributed by atoms with E-state index in [0.717, 1.165) is 5.56 Å². The van der Waals surface area contributed by atoms with Crippen molar-refractivity contribution in [1.82, 2.24) is 4.57 Å². The van der Waals surface area contributed by atoms with Crippen LogP contribution in [0.3, 0.4) is 0 Å². The molecule has 0 fully saturated rings. The fourth-order valence-electron chi connectivity index (χ4n) is 1.81. The molecule has 0 spiro atoms. The van der Waals surface area contributed by atoms with Crippen LogP contribution in [0.5, 0.6) is 5.75 Å². The summed E-state index contributed by atoms with van der Waals surface area (Å²) in [4.78, 5) is 22.6. The second-order valence-corrected chi connectivity index (χ2v) is 4.44. The predicted molar refractivity (Wildman–Crippen MR) is 73.8 cm³/mol. The van der Waals surface area contributed by atoms with Gasteiger partial charge in [-0.05, 0) is 12.5 Å². The van der Waals surface area contributed by atoms with E-state index < -0.39 is 5.97 Å². The molecule has 104 valence electrons. The third-order valence-corrected chi connectivity index (χ3v) is 2.85. The Kier molecular flexibility index (Phi) is 4.20. The van der Waals surface area contributed by atoms with Gasteiger partial charge in [-0.1, -0.05) is 30.3 Å². The molecule has 2 rings (SSSR count). The standard InChI is InChI=1S/C15H15NO4/c1-11-7-13(17)14(8-16(11)9-15(18)19)20-10-12-5-3-2-4-6-12/h2-8H,9-10H2,1H3,(H,18,19). The number of carbonyl (C=O) groups is 1. The zero-order valence-electron chi connectivity index (χ0n) is 11.1. The van der Waals surface area contributed by atoms with Crippen LogP contribution in [-0.4, -0.2) is 15.6 Å². The first-order valence-electron chi connectivity index (χ1n) is 6.16. The Balaban J connectivity index is 2.19. The van der Waals surface area contributed by atoms with Crippen molar-refractivity contribution in [1.29, 1.82) is 0 Å². The van der Waals surface area contributed by atoms with Gasteiger partial charge in [0.05, 0.1) is 6.20 Å². The van der Waals surface area contributed by atoms with Crippen molar-refractivity contribution < 1.29 is 14.6 Å². The lowest BCUT2D eigenvalue weighted by atomic mass is 10.2. The molecule has 0 aliphatic carbocycles. The summed E-state index contributed by atoms with van der Waals surface area (Å²) in [5.74, 6) is -0.813. The Morgan fingerprint density at radius 1 is 1.30 bits per heavy atom. The zero-order chi connectivity index (χ0) is 14.5. The molecule has 1 aromatic heterocycles. The van der Waals surface area contributed by atoms with E-state index in [-0.39, 0.29) is 24.3 Å². The van der Waals surface area contributed by atoms with E-state index in [4.69, 9.17) is 9.84 Å². The molecule has 0 aliphatic heterocycles. The fourth-order valence-corrected chi connectivity index (χ4v) is 1.81. The van der Waals surface area contributed by atoms with Crippen LogP contribution >= 0.6 is 0 Å². The minimum atomic E-state index is -0.967. The Hall–Kier alpha value is -2.56. The van der Waals surface area contributed by atoms with Crippen molar-refractivity contribution in [3.8, 4) is 5.75 Å². The molecule has 0 unspecified atom stereocenters. The maximum atomic E-state index is 11.8. The number of aliphatic carboxylic acids is 1. The van der Waals surface area contributed by atoms with E-state index in [0.29, 0.717) is 5.69 Å². The number of aromatic nitrogens is 1. The van der Waals surface area contributed by atoms with Crippen molar-refractivity contribution in [2.75, 3.05) is 0 Å². The van der Waals surface area contributed by atoms with E-state index in [9.17, 15) is 9.59 Å². The number of rotatable bonds is 5. The first kappa shape index (κ1) is 13.9. The molecule has 5 heteroatoms. The van der Waals surface area contributed by atoms with Gasteiger partial charge in [-0.15, -0.1) is 0 Å². The van der Waals surface area contributed by atoms with Gasteiger partial charge < -0.3 is 14.4 Å². The van der Waals surface area contributed by atoms with Gasteiger partial charge in [0, 0.05) is 11.8 Å². The monoisotopic (exact) mass is 273 g/mol. The number of hydrogen-bond donors (Lipinski definition) is 1. The van der Waals surface area contributed by atoms with Gasteiger partial charge in [0.2, 0.25) is 5.43 Å². The smallest absolute Gasteiger partial charge is 0.323 e. The number of aryl methyl sites for hydroxylation is 1. The molecule has 1 N–H and O–H groups in total. The first-order valence-corrected chi connectivity index (χ1v) is 6.16. The summed E-state index contributed by atoms with van der Waals surface area (Å²) in [6.07, 6.45) is 1.44. The van der Waals surface area contributed by atoms with Crippen LogP contribution in [0.2, 0.25) is 0 Å². The highest BCUT2D eigenvalue weighted by atomic mass is 16.5. The van der Waals surface area contributed by atoms with Gasteiger partial charge in [0.1, 0.15) is 13.2 Å². The quantitative estimate of drug-likeness (QED) is 0.902. The highest BCUT2D eigenvalue weighted by Crippen LogP contribution is 2.09. The van der Waals surface area contributed by atoms with Gasteiger partial charge in [0.25, 0.3) is 0 Å². The number of carboxylic acids is 1. The molecule has 0 amide bonds. The molecular weight excluding hydrogens is 258 g/mol. The average molecular weight is 273 g/mol. The molecule has 2 aromatic rings.